The second-order valence-electron chi connectivity index (χ2n) is 6.15. The molecule has 0 aromatic heterocycles. The van der Waals surface area contributed by atoms with Gasteiger partial charge in [0.05, 0.1) is 26.2 Å². The maximum atomic E-state index is 9.33. The molecule has 0 aliphatic heterocycles. The van der Waals surface area contributed by atoms with E-state index < -0.39 is 10.1 Å². The lowest BCUT2D eigenvalue weighted by Gasteiger charge is -2.35. The van der Waals surface area contributed by atoms with Gasteiger partial charge < -0.3 is 9.04 Å². The molecule has 0 atom stereocenters. The molecule has 23 heavy (non-hydrogen) atoms. The molecule has 140 valence electrons. The minimum atomic E-state index is -4.15. The van der Waals surface area contributed by atoms with Gasteiger partial charge in [-0.3, -0.25) is 0 Å². The Bertz CT molecular complexity index is 343. The fourth-order valence-corrected chi connectivity index (χ4v) is 2.73. The van der Waals surface area contributed by atoms with Crippen molar-refractivity contribution < 1.29 is 17.5 Å². The summed E-state index contributed by atoms with van der Waals surface area (Å²) in [4.78, 5) is 0. The van der Waals surface area contributed by atoms with Gasteiger partial charge in [0.1, 0.15) is 10.1 Å². The van der Waals surface area contributed by atoms with Gasteiger partial charge in [0, 0.05) is 5.41 Å². The molecule has 0 unspecified atom stereocenters. The van der Waals surface area contributed by atoms with E-state index in [9.17, 15) is 13.0 Å². The van der Waals surface area contributed by atoms with E-state index >= 15 is 0 Å². The summed E-state index contributed by atoms with van der Waals surface area (Å²) >= 11 is 0. The van der Waals surface area contributed by atoms with Crippen LogP contribution in [0.2, 0.25) is 0 Å². The molecular weight excluding hydrogens is 310 g/mol. The third-order valence-corrected chi connectivity index (χ3v) is 5.11. The fourth-order valence-electron chi connectivity index (χ4n) is 2.73. The highest BCUT2D eigenvalue weighted by Gasteiger charge is 2.19. The summed E-state index contributed by atoms with van der Waals surface area (Å²) in [5.41, 5.74) is 0. The first-order chi connectivity index (χ1) is 10.8. The number of quaternary nitrogens is 1. The molecule has 0 rings (SSSR count). The zero-order valence-corrected chi connectivity index (χ0v) is 16.7. The highest BCUT2D eigenvalue weighted by atomic mass is 32.2. The van der Waals surface area contributed by atoms with E-state index in [2.05, 4.69) is 34.3 Å². The smallest absolute Gasteiger partial charge is 0.116 e. The average molecular weight is 350 g/mol. The number of nitrogens with zero attached hydrogens (tertiary/aromatic N) is 1. The SMILES string of the molecule is C=CS(=O)(=O)[O-].CCCCCCCCCC[N+](CC)(CC)CC. The van der Waals surface area contributed by atoms with Crippen molar-refractivity contribution in [2.45, 2.75) is 79.1 Å². The highest BCUT2D eigenvalue weighted by molar-refractivity contribution is 7.88. The minimum Gasteiger partial charge on any atom is -0.745 e. The Hall–Kier alpha value is -0.390. The van der Waals surface area contributed by atoms with Crippen LogP contribution in [0.3, 0.4) is 0 Å². The summed E-state index contributed by atoms with van der Waals surface area (Å²) in [6.07, 6.45) is 11.5. The number of rotatable bonds is 13. The molecule has 0 radical (unpaired) electrons. The molecule has 4 nitrogen and oxygen atoms in total. The molecule has 0 saturated heterocycles. The van der Waals surface area contributed by atoms with E-state index in [1.165, 1.54) is 82.0 Å². The average Bonchev–Trinajstić information content (AvgIpc) is 2.54. The van der Waals surface area contributed by atoms with Gasteiger partial charge in [0.25, 0.3) is 0 Å². The van der Waals surface area contributed by atoms with Crippen LogP contribution in [-0.4, -0.2) is 43.6 Å². The zero-order chi connectivity index (χ0) is 18.2. The van der Waals surface area contributed by atoms with Gasteiger partial charge in [-0.1, -0.05) is 52.0 Å². The number of hydrogen-bond donors (Lipinski definition) is 0. The van der Waals surface area contributed by atoms with Crippen molar-refractivity contribution in [3.63, 3.8) is 0 Å². The summed E-state index contributed by atoms with van der Waals surface area (Å²) in [6.45, 7) is 17.4. The number of unbranched alkanes of at least 4 members (excludes halogenated alkanes) is 7. The molecule has 0 aliphatic rings. The summed E-state index contributed by atoms with van der Waals surface area (Å²) in [7, 11) is -4.15. The third-order valence-electron chi connectivity index (χ3n) is 4.70. The van der Waals surface area contributed by atoms with Crippen LogP contribution < -0.4 is 0 Å². The Balaban J connectivity index is 0. The first kappa shape index (κ1) is 24.9. The monoisotopic (exact) mass is 349 g/mol. The summed E-state index contributed by atoms with van der Waals surface area (Å²) < 4.78 is 29.3. The van der Waals surface area contributed by atoms with E-state index in [4.69, 9.17) is 0 Å². The van der Waals surface area contributed by atoms with Gasteiger partial charge in [-0.15, -0.1) is 0 Å². The van der Waals surface area contributed by atoms with E-state index in [0.717, 1.165) is 0 Å². The van der Waals surface area contributed by atoms with Crippen LogP contribution in [-0.2, 0) is 10.1 Å². The molecular formula is C18H39NO3S. The molecule has 0 aromatic carbocycles. The lowest BCUT2D eigenvalue weighted by atomic mass is 10.1. The Morgan fingerprint density at radius 2 is 1.17 bits per heavy atom. The second-order valence-corrected chi connectivity index (χ2v) is 7.47. The first-order valence-electron chi connectivity index (χ1n) is 9.24. The molecule has 0 spiro atoms. The van der Waals surface area contributed by atoms with Crippen molar-refractivity contribution in [2.24, 2.45) is 0 Å². The van der Waals surface area contributed by atoms with Gasteiger partial charge in [0.2, 0.25) is 0 Å². The quantitative estimate of drug-likeness (QED) is 0.275. The van der Waals surface area contributed by atoms with Crippen molar-refractivity contribution >= 4 is 10.1 Å². The molecule has 0 N–H and O–H groups in total. The van der Waals surface area contributed by atoms with E-state index in [1.807, 2.05) is 0 Å². The van der Waals surface area contributed by atoms with Crippen LogP contribution in [0, 0.1) is 0 Å². The summed E-state index contributed by atoms with van der Waals surface area (Å²) in [5, 5.41) is 0.354. The first-order valence-corrected chi connectivity index (χ1v) is 10.7. The van der Waals surface area contributed by atoms with Crippen molar-refractivity contribution in [2.75, 3.05) is 26.2 Å². The molecule has 0 amide bonds. The largest absolute Gasteiger partial charge is 0.745 e. The van der Waals surface area contributed by atoms with Crippen molar-refractivity contribution in [1.29, 1.82) is 0 Å². The molecule has 5 heteroatoms. The Kier molecular flexibility index (Phi) is 16.4. The molecule has 0 aliphatic carbocycles. The number of hydrogen-bond acceptors (Lipinski definition) is 3. The summed E-state index contributed by atoms with van der Waals surface area (Å²) in [5.74, 6) is 0. The van der Waals surface area contributed by atoms with Crippen LogP contribution in [0.1, 0.15) is 79.1 Å². The fraction of sp³-hybridized carbons (Fsp3) is 0.889. The standard InChI is InChI=1S/C16H36N.C2H4O3S/c1-5-9-10-11-12-13-14-15-16-17(6-2,7-3)8-4;1-2-6(3,4)5/h5-16H2,1-4H3;2H,1H2,(H,3,4,5)/q+1;/p-1. The topological polar surface area (TPSA) is 57.2 Å². The molecule has 0 saturated carbocycles. The maximum Gasteiger partial charge on any atom is 0.116 e. The lowest BCUT2D eigenvalue weighted by molar-refractivity contribution is -0.923. The van der Waals surface area contributed by atoms with Crippen LogP contribution >= 0.6 is 0 Å². The molecule has 0 bridgehead atoms. The van der Waals surface area contributed by atoms with E-state index in [-0.39, 0.29) is 0 Å². The van der Waals surface area contributed by atoms with Crippen molar-refractivity contribution in [3.05, 3.63) is 12.0 Å². The normalized spacial score (nSPS) is 11.7. The van der Waals surface area contributed by atoms with Crippen LogP contribution in [0.25, 0.3) is 0 Å². The second kappa shape index (κ2) is 15.2. The Labute approximate surface area is 145 Å². The zero-order valence-electron chi connectivity index (χ0n) is 15.8. The highest BCUT2D eigenvalue weighted by Crippen LogP contribution is 2.12. The van der Waals surface area contributed by atoms with E-state index in [0.29, 0.717) is 5.41 Å². The van der Waals surface area contributed by atoms with Crippen molar-refractivity contribution in [1.82, 2.24) is 0 Å². The van der Waals surface area contributed by atoms with Crippen LogP contribution in [0.5, 0.6) is 0 Å². The predicted molar refractivity (Wildman–Crippen MR) is 99.3 cm³/mol. The van der Waals surface area contributed by atoms with Gasteiger partial charge >= 0.3 is 0 Å². The van der Waals surface area contributed by atoms with E-state index in [1.54, 1.807) is 0 Å². The third kappa shape index (κ3) is 16.3. The minimum absolute atomic E-state index is 0.354. The van der Waals surface area contributed by atoms with Crippen LogP contribution in [0.15, 0.2) is 12.0 Å². The maximum absolute atomic E-state index is 9.33. The molecule has 0 fully saturated rings. The van der Waals surface area contributed by atoms with Gasteiger partial charge in [0.15, 0.2) is 0 Å². The Morgan fingerprint density at radius 1 is 0.826 bits per heavy atom. The van der Waals surface area contributed by atoms with Crippen LogP contribution in [0.4, 0.5) is 0 Å². The molecule has 0 aromatic rings. The van der Waals surface area contributed by atoms with Gasteiger partial charge in [-0.2, -0.15) is 0 Å². The lowest BCUT2D eigenvalue weighted by Crippen LogP contribution is -2.48. The van der Waals surface area contributed by atoms with Gasteiger partial charge in [-0.05, 0) is 33.6 Å². The summed E-state index contributed by atoms with van der Waals surface area (Å²) in [6, 6.07) is 0. The van der Waals surface area contributed by atoms with Crippen molar-refractivity contribution in [3.8, 4) is 0 Å². The Morgan fingerprint density at radius 3 is 1.48 bits per heavy atom. The van der Waals surface area contributed by atoms with Gasteiger partial charge in [-0.25, -0.2) is 8.42 Å². The predicted octanol–water partition coefficient (Wildman–Crippen LogP) is 4.68. The molecule has 0 heterocycles.